The van der Waals surface area contributed by atoms with Gasteiger partial charge in [0.05, 0.1) is 11.4 Å². The van der Waals surface area contributed by atoms with E-state index >= 15 is 0 Å². The van der Waals surface area contributed by atoms with E-state index in [-0.39, 0.29) is 5.91 Å². The van der Waals surface area contributed by atoms with Crippen molar-refractivity contribution in [1.82, 2.24) is 15.3 Å². The summed E-state index contributed by atoms with van der Waals surface area (Å²) >= 11 is 7.50. The van der Waals surface area contributed by atoms with E-state index in [4.69, 9.17) is 11.6 Å². The molecule has 0 unspecified atom stereocenters. The predicted molar refractivity (Wildman–Crippen MR) is 107 cm³/mol. The lowest BCUT2D eigenvalue weighted by molar-refractivity contribution is -0.118. The molecule has 2 N–H and O–H groups in total. The standard InChI is InChI=1S/C20H20ClN3OS/c1-14-18(11-15-7-3-2-4-8-15)24-20(23-14)26-13-19(25)22-12-16-9-5-6-10-17(16)21/h2-10H,11-13H2,1H3,(H,22,25)(H,23,24). The number of hydrogen-bond donors (Lipinski definition) is 2. The summed E-state index contributed by atoms with van der Waals surface area (Å²) in [6, 6.07) is 17.7. The van der Waals surface area contributed by atoms with E-state index in [1.54, 1.807) is 0 Å². The molecule has 4 nitrogen and oxygen atoms in total. The number of H-pyrrole nitrogens is 1. The third kappa shape index (κ3) is 5.13. The Hall–Kier alpha value is -2.24. The van der Waals surface area contributed by atoms with Crippen molar-refractivity contribution in [3.05, 3.63) is 82.1 Å². The summed E-state index contributed by atoms with van der Waals surface area (Å²) in [5.41, 5.74) is 4.17. The van der Waals surface area contributed by atoms with Gasteiger partial charge in [-0.3, -0.25) is 4.79 Å². The van der Waals surface area contributed by atoms with Crippen molar-refractivity contribution >= 4 is 29.3 Å². The van der Waals surface area contributed by atoms with Gasteiger partial charge in [0, 0.05) is 23.7 Å². The van der Waals surface area contributed by atoms with Gasteiger partial charge in [0.25, 0.3) is 0 Å². The Morgan fingerprint density at radius 1 is 1.15 bits per heavy atom. The lowest BCUT2D eigenvalue weighted by Gasteiger charge is -2.06. The summed E-state index contributed by atoms with van der Waals surface area (Å²) < 4.78 is 0. The second kappa shape index (κ2) is 8.92. The monoisotopic (exact) mass is 385 g/mol. The van der Waals surface area contributed by atoms with Crippen molar-refractivity contribution in [2.45, 2.75) is 25.0 Å². The number of nitrogens with zero attached hydrogens (tertiary/aromatic N) is 1. The molecule has 0 aliphatic heterocycles. The highest BCUT2D eigenvalue weighted by molar-refractivity contribution is 7.99. The lowest BCUT2D eigenvalue weighted by Crippen LogP contribution is -2.24. The molecule has 0 bridgehead atoms. The first-order valence-corrected chi connectivity index (χ1v) is 9.70. The average Bonchev–Trinajstić information content (AvgIpc) is 3.00. The molecule has 3 rings (SSSR count). The minimum Gasteiger partial charge on any atom is -0.351 e. The van der Waals surface area contributed by atoms with Crippen LogP contribution in [0.15, 0.2) is 59.8 Å². The minimum atomic E-state index is -0.0476. The maximum absolute atomic E-state index is 12.1. The maximum Gasteiger partial charge on any atom is 0.230 e. The van der Waals surface area contributed by atoms with Crippen LogP contribution in [-0.4, -0.2) is 21.6 Å². The first kappa shape index (κ1) is 18.5. The number of aromatic amines is 1. The zero-order chi connectivity index (χ0) is 18.4. The van der Waals surface area contributed by atoms with Crippen molar-refractivity contribution < 1.29 is 4.79 Å². The van der Waals surface area contributed by atoms with E-state index in [2.05, 4.69) is 27.4 Å². The summed E-state index contributed by atoms with van der Waals surface area (Å²) in [5.74, 6) is 0.260. The largest absolute Gasteiger partial charge is 0.351 e. The first-order valence-electron chi connectivity index (χ1n) is 8.34. The number of amides is 1. The van der Waals surface area contributed by atoms with Crippen LogP contribution in [0.5, 0.6) is 0 Å². The molecule has 1 aromatic heterocycles. The van der Waals surface area contributed by atoms with Crippen molar-refractivity contribution in [2.24, 2.45) is 0 Å². The van der Waals surface area contributed by atoms with E-state index in [1.807, 2.05) is 49.4 Å². The average molecular weight is 386 g/mol. The number of aromatic nitrogens is 2. The van der Waals surface area contributed by atoms with Crippen LogP contribution in [-0.2, 0) is 17.8 Å². The van der Waals surface area contributed by atoms with Crippen LogP contribution in [0, 0.1) is 6.92 Å². The smallest absolute Gasteiger partial charge is 0.230 e. The van der Waals surface area contributed by atoms with Gasteiger partial charge in [0.2, 0.25) is 5.91 Å². The molecular weight excluding hydrogens is 366 g/mol. The topological polar surface area (TPSA) is 57.8 Å². The van der Waals surface area contributed by atoms with E-state index in [0.29, 0.717) is 17.3 Å². The normalized spacial score (nSPS) is 10.7. The van der Waals surface area contributed by atoms with Crippen LogP contribution in [0.4, 0.5) is 0 Å². The van der Waals surface area contributed by atoms with Crippen LogP contribution >= 0.6 is 23.4 Å². The Labute approximate surface area is 162 Å². The maximum atomic E-state index is 12.1. The number of halogens is 1. The molecule has 3 aromatic rings. The molecule has 2 aromatic carbocycles. The first-order chi connectivity index (χ1) is 12.6. The number of imidazole rings is 1. The molecule has 0 aliphatic carbocycles. The van der Waals surface area contributed by atoms with E-state index in [9.17, 15) is 4.79 Å². The third-order valence-corrected chi connectivity index (χ3v) is 5.19. The number of nitrogens with one attached hydrogen (secondary N) is 2. The van der Waals surface area contributed by atoms with Gasteiger partial charge in [0.1, 0.15) is 0 Å². The molecule has 1 amide bonds. The lowest BCUT2D eigenvalue weighted by atomic mass is 10.1. The fraction of sp³-hybridized carbons (Fsp3) is 0.200. The molecule has 0 aliphatic rings. The fourth-order valence-corrected chi connectivity index (χ4v) is 3.49. The van der Waals surface area contributed by atoms with Crippen molar-refractivity contribution in [3.8, 4) is 0 Å². The summed E-state index contributed by atoms with van der Waals surface area (Å²) in [6.07, 6.45) is 0.780. The van der Waals surface area contributed by atoms with E-state index in [1.165, 1.54) is 17.3 Å². The fourth-order valence-electron chi connectivity index (χ4n) is 2.52. The van der Waals surface area contributed by atoms with Crippen LogP contribution in [0.1, 0.15) is 22.5 Å². The molecule has 6 heteroatoms. The molecule has 134 valence electrons. The Balaban J connectivity index is 1.51. The molecular formula is C20H20ClN3OS. The summed E-state index contributed by atoms with van der Waals surface area (Å²) in [5, 5.41) is 4.31. The van der Waals surface area contributed by atoms with Crippen LogP contribution in [0.25, 0.3) is 0 Å². The van der Waals surface area contributed by atoms with Crippen LogP contribution in [0.2, 0.25) is 5.02 Å². The summed E-state index contributed by atoms with van der Waals surface area (Å²) in [7, 11) is 0. The van der Waals surface area contributed by atoms with Gasteiger partial charge < -0.3 is 10.3 Å². The number of hydrogen-bond acceptors (Lipinski definition) is 3. The zero-order valence-electron chi connectivity index (χ0n) is 14.5. The number of carbonyl (C=O) groups excluding carboxylic acids is 1. The molecule has 0 spiro atoms. The zero-order valence-corrected chi connectivity index (χ0v) is 16.0. The highest BCUT2D eigenvalue weighted by Gasteiger charge is 2.10. The SMILES string of the molecule is Cc1[nH]c(SCC(=O)NCc2ccccc2Cl)nc1Cc1ccccc1. The van der Waals surface area contributed by atoms with Gasteiger partial charge >= 0.3 is 0 Å². The minimum absolute atomic E-state index is 0.0476. The van der Waals surface area contributed by atoms with E-state index in [0.717, 1.165) is 28.5 Å². The summed E-state index contributed by atoms with van der Waals surface area (Å²) in [4.78, 5) is 19.9. The molecule has 0 saturated carbocycles. The number of benzene rings is 2. The van der Waals surface area contributed by atoms with Gasteiger partial charge in [-0.1, -0.05) is 71.9 Å². The molecule has 0 atom stereocenters. The number of thioether (sulfide) groups is 1. The highest BCUT2D eigenvalue weighted by atomic mass is 35.5. The third-order valence-electron chi connectivity index (χ3n) is 3.95. The van der Waals surface area contributed by atoms with Crippen molar-refractivity contribution in [2.75, 3.05) is 5.75 Å². The molecule has 0 saturated heterocycles. The van der Waals surface area contributed by atoms with Crippen molar-refractivity contribution in [3.63, 3.8) is 0 Å². The quantitative estimate of drug-likeness (QED) is 0.594. The van der Waals surface area contributed by atoms with E-state index < -0.39 is 0 Å². The van der Waals surface area contributed by atoms with Gasteiger partial charge in [-0.05, 0) is 24.1 Å². The van der Waals surface area contributed by atoms with Gasteiger partial charge in [-0.25, -0.2) is 4.98 Å². The van der Waals surface area contributed by atoms with Crippen molar-refractivity contribution in [1.29, 1.82) is 0 Å². The number of rotatable bonds is 7. The Kier molecular flexibility index (Phi) is 6.36. The van der Waals surface area contributed by atoms with Crippen LogP contribution < -0.4 is 5.32 Å². The number of aryl methyl sites for hydroxylation is 1. The van der Waals surface area contributed by atoms with Gasteiger partial charge in [-0.15, -0.1) is 0 Å². The highest BCUT2D eigenvalue weighted by Crippen LogP contribution is 2.19. The molecule has 0 fully saturated rings. The van der Waals surface area contributed by atoms with Gasteiger partial charge in [0.15, 0.2) is 5.16 Å². The Bertz CT molecular complexity index is 880. The Morgan fingerprint density at radius 2 is 1.88 bits per heavy atom. The second-order valence-electron chi connectivity index (χ2n) is 5.93. The summed E-state index contributed by atoms with van der Waals surface area (Å²) in [6.45, 7) is 2.43. The second-order valence-corrected chi connectivity index (χ2v) is 7.30. The Morgan fingerprint density at radius 3 is 2.65 bits per heavy atom. The molecule has 26 heavy (non-hydrogen) atoms. The predicted octanol–water partition coefficient (Wildman–Crippen LogP) is 4.37. The number of carbonyl (C=O) groups is 1. The molecule has 0 radical (unpaired) electrons. The van der Waals surface area contributed by atoms with Gasteiger partial charge in [-0.2, -0.15) is 0 Å². The molecule has 1 heterocycles. The van der Waals surface area contributed by atoms with Crippen LogP contribution in [0.3, 0.4) is 0 Å².